The van der Waals surface area contributed by atoms with Crippen LogP contribution in [-0.4, -0.2) is 14.3 Å². The summed E-state index contributed by atoms with van der Waals surface area (Å²) in [6.45, 7) is 0. The first kappa shape index (κ1) is 15.3. The van der Waals surface area contributed by atoms with E-state index in [1.54, 1.807) is 24.3 Å². The van der Waals surface area contributed by atoms with E-state index in [1.807, 2.05) is 0 Å². The maximum Gasteiger partial charge on any atom is 0.257 e. The van der Waals surface area contributed by atoms with E-state index in [2.05, 4.69) is 5.32 Å². The number of carbonyl (C=O) groups is 1. The maximum absolute atomic E-state index is 12.1. The van der Waals surface area contributed by atoms with E-state index < -0.39 is 15.9 Å². The van der Waals surface area contributed by atoms with Crippen molar-refractivity contribution in [2.75, 3.05) is 11.1 Å². The van der Waals surface area contributed by atoms with Crippen molar-refractivity contribution >= 4 is 38.9 Å². The van der Waals surface area contributed by atoms with Crippen molar-refractivity contribution in [3.63, 3.8) is 0 Å². The molecule has 2 aromatic rings. The van der Waals surface area contributed by atoms with Crippen LogP contribution >= 0.6 is 11.6 Å². The third-order valence-corrected chi connectivity index (χ3v) is 3.96. The molecule has 0 fully saturated rings. The lowest BCUT2D eigenvalue weighted by atomic mass is 10.1. The average Bonchev–Trinajstić information content (AvgIpc) is 2.40. The van der Waals surface area contributed by atoms with Crippen LogP contribution < -0.4 is 16.2 Å². The number of para-hydroxylation sites is 1. The van der Waals surface area contributed by atoms with Crippen LogP contribution in [0.1, 0.15) is 10.4 Å². The fourth-order valence-corrected chi connectivity index (χ4v) is 2.38. The number of nitrogens with two attached hydrogens (primary N) is 2. The van der Waals surface area contributed by atoms with E-state index in [4.69, 9.17) is 22.5 Å². The number of carbonyl (C=O) groups excluding carboxylic acids is 1. The number of amides is 1. The van der Waals surface area contributed by atoms with Gasteiger partial charge in [-0.2, -0.15) is 0 Å². The molecular formula is C13H12ClN3O3S. The number of halogens is 1. The standard InChI is InChI=1S/C13H12ClN3O3S/c14-10-6-5-8(21(16,19)20)7-12(10)17-13(18)9-3-1-2-4-11(9)15/h1-7H,15H2,(H,17,18)(H2,16,19,20). The SMILES string of the molecule is Nc1ccccc1C(=O)Nc1cc(S(N)(=O)=O)ccc1Cl. The molecule has 0 aromatic heterocycles. The molecule has 2 rings (SSSR count). The van der Waals surface area contributed by atoms with Crippen molar-refractivity contribution in [2.45, 2.75) is 4.90 Å². The normalized spacial score (nSPS) is 11.1. The van der Waals surface area contributed by atoms with Crippen molar-refractivity contribution in [1.82, 2.24) is 0 Å². The minimum atomic E-state index is -3.89. The summed E-state index contributed by atoms with van der Waals surface area (Å²) in [7, 11) is -3.89. The number of primary sulfonamides is 1. The summed E-state index contributed by atoms with van der Waals surface area (Å²) < 4.78 is 22.6. The lowest BCUT2D eigenvalue weighted by molar-refractivity contribution is 0.102. The van der Waals surface area contributed by atoms with Crippen LogP contribution in [0.15, 0.2) is 47.4 Å². The van der Waals surface area contributed by atoms with Crippen molar-refractivity contribution < 1.29 is 13.2 Å². The van der Waals surface area contributed by atoms with Crippen LogP contribution in [0.2, 0.25) is 5.02 Å². The van der Waals surface area contributed by atoms with Crippen LogP contribution in [0.3, 0.4) is 0 Å². The van der Waals surface area contributed by atoms with Gasteiger partial charge in [0, 0.05) is 5.69 Å². The Labute approximate surface area is 126 Å². The smallest absolute Gasteiger partial charge is 0.257 e. The Kier molecular flexibility index (Phi) is 4.17. The van der Waals surface area contributed by atoms with Crippen molar-refractivity contribution in [1.29, 1.82) is 0 Å². The largest absolute Gasteiger partial charge is 0.398 e. The summed E-state index contributed by atoms with van der Waals surface area (Å²) >= 11 is 5.94. The zero-order valence-corrected chi connectivity index (χ0v) is 12.3. The monoisotopic (exact) mass is 325 g/mol. The Hall–Kier alpha value is -2.09. The van der Waals surface area contributed by atoms with Gasteiger partial charge < -0.3 is 11.1 Å². The third kappa shape index (κ3) is 3.52. The second-order valence-corrected chi connectivity index (χ2v) is 6.20. The van der Waals surface area contributed by atoms with E-state index in [1.165, 1.54) is 18.2 Å². The molecule has 0 atom stereocenters. The Balaban J connectivity index is 2.36. The van der Waals surface area contributed by atoms with Gasteiger partial charge in [0.15, 0.2) is 0 Å². The second-order valence-electron chi connectivity index (χ2n) is 4.23. The molecule has 6 nitrogen and oxygen atoms in total. The summed E-state index contributed by atoms with van der Waals surface area (Å²) in [6, 6.07) is 10.3. The summed E-state index contributed by atoms with van der Waals surface area (Å²) in [4.78, 5) is 12.0. The van der Waals surface area contributed by atoms with Gasteiger partial charge in [-0.3, -0.25) is 4.79 Å². The molecular weight excluding hydrogens is 314 g/mol. The number of benzene rings is 2. The van der Waals surface area contributed by atoms with Gasteiger partial charge in [0.2, 0.25) is 10.0 Å². The minimum Gasteiger partial charge on any atom is -0.398 e. The minimum absolute atomic E-state index is 0.136. The number of hydrogen-bond donors (Lipinski definition) is 3. The van der Waals surface area contributed by atoms with Gasteiger partial charge in [-0.05, 0) is 30.3 Å². The van der Waals surface area contributed by atoms with Gasteiger partial charge in [-0.25, -0.2) is 13.6 Å². The van der Waals surface area contributed by atoms with Gasteiger partial charge >= 0.3 is 0 Å². The molecule has 0 bridgehead atoms. The molecule has 0 saturated carbocycles. The number of rotatable bonds is 3. The highest BCUT2D eigenvalue weighted by Crippen LogP contribution is 2.25. The van der Waals surface area contributed by atoms with Crippen LogP contribution in [0.25, 0.3) is 0 Å². The van der Waals surface area contributed by atoms with E-state index >= 15 is 0 Å². The molecule has 5 N–H and O–H groups in total. The molecule has 0 unspecified atom stereocenters. The highest BCUT2D eigenvalue weighted by molar-refractivity contribution is 7.89. The molecule has 0 aliphatic carbocycles. The first-order valence-corrected chi connectivity index (χ1v) is 7.69. The molecule has 1 amide bonds. The molecule has 2 aromatic carbocycles. The predicted molar refractivity (Wildman–Crippen MR) is 81.6 cm³/mol. The van der Waals surface area contributed by atoms with Crippen molar-refractivity contribution in [2.24, 2.45) is 5.14 Å². The Morgan fingerprint density at radius 2 is 1.81 bits per heavy atom. The second kappa shape index (κ2) is 5.72. The average molecular weight is 326 g/mol. The Morgan fingerprint density at radius 3 is 2.43 bits per heavy atom. The maximum atomic E-state index is 12.1. The summed E-state index contributed by atoms with van der Waals surface area (Å²) in [6.07, 6.45) is 0. The van der Waals surface area contributed by atoms with Gasteiger partial charge in [0.05, 0.1) is 21.2 Å². The Bertz CT molecular complexity index is 806. The summed E-state index contributed by atoms with van der Waals surface area (Å²) in [5, 5.41) is 7.73. The van der Waals surface area contributed by atoms with Gasteiger partial charge in [-0.1, -0.05) is 23.7 Å². The molecule has 0 saturated heterocycles. The summed E-state index contributed by atoms with van der Waals surface area (Å²) in [5.74, 6) is -0.499. The van der Waals surface area contributed by atoms with Crippen LogP contribution in [0.5, 0.6) is 0 Å². The molecule has 0 heterocycles. The van der Waals surface area contributed by atoms with E-state index in [9.17, 15) is 13.2 Å². The Morgan fingerprint density at radius 1 is 1.14 bits per heavy atom. The van der Waals surface area contributed by atoms with Crippen LogP contribution in [0, 0.1) is 0 Å². The van der Waals surface area contributed by atoms with Crippen LogP contribution in [0.4, 0.5) is 11.4 Å². The zero-order valence-electron chi connectivity index (χ0n) is 10.7. The molecule has 0 aliphatic rings. The number of anilines is 2. The van der Waals surface area contributed by atoms with E-state index in [-0.39, 0.29) is 21.2 Å². The van der Waals surface area contributed by atoms with Crippen molar-refractivity contribution in [3.8, 4) is 0 Å². The highest BCUT2D eigenvalue weighted by atomic mass is 35.5. The molecule has 0 aliphatic heterocycles. The van der Waals surface area contributed by atoms with E-state index in [0.29, 0.717) is 5.69 Å². The fraction of sp³-hybridized carbons (Fsp3) is 0. The zero-order chi connectivity index (χ0) is 15.6. The van der Waals surface area contributed by atoms with Gasteiger partial charge in [0.1, 0.15) is 0 Å². The quantitative estimate of drug-likeness (QED) is 0.746. The highest BCUT2D eigenvalue weighted by Gasteiger charge is 2.14. The molecule has 0 radical (unpaired) electrons. The fourth-order valence-electron chi connectivity index (χ4n) is 1.67. The van der Waals surface area contributed by atoms with Crippen LogP contribution in [-0.2, 0) is 10.0 Å². The summed E-state index contributed by atoms with van der Waals surface area (Å²) in [5.41, 5.74) is 6.40. The molecule has 21 heavy (non-hydrogen) atoms. The van der Waals surface area contributed by atoms with Crippen molar-refractivity contribution in [3.05, 3.63) is 53.1 Å². The van der Waals surface area contributed by atoms with Gasteiger partial charge in [-0.15, -0.1) is 0 Å². The predicted octanol–water partition coefficient (Wildman–Crippen LogP) is 1.82. The number of sulfonamides is 1. The number of hydrogen-bond acceptors (Lipinski definition) is 4. The topological polar surface area (TPSA) is 115 Å². The molecule has 8 heteroatoms. The number of nitrogen functional groups attached to an aromatic ring is 1. The van der Waals surface area contributed by atoms with E-state index in [0.717, 1.165) is 0 Å². The first-order valence-electron chi connectivity index (χ1n) is 5.77. The third-order valence-electron chi connectivity index (χ3n) is 2.72. The van der Waals surface area contributed by atoms with Gasteiger partial charge in [0.25, 0.3) is 5.91 Å². The lowest BCUT2D eigenvalue weighted by Gasteiger charge is -2.10. The molecule has 110 valence electrons. The number of nitrogens with one attached hydrogen (secondary N) is 1. The molecule has 0 spiro atoms. The first-order chi connectivity index (χ1) is 9.79. The lowest BCUT2D eigenvalue weighted by Crippen LogP contribution is -2.16.